The molecule has 8 nitrogen and oxygen atoms in total. The van der Waals surface area contributed by atoms with Crippen molar-refractivity contribution in [1.29, 1.82) is 0 Å². The molecule has 1 atom stereocenters. The summed E-state index contributed by atoms with van der Waals surface area (Å²) >= 11 is 0. The summed E-state index contributed by atoms with van der Waals surface area (Å²) in [4.78, 5) is 47.1. The van der Waals surface area contributed by atoms with Gasteiger partial charge in [-0.3, -0.25) is 24.6 Å². The van der Waals surface area contributed by atoms with Gasteiger partial charge in [0.25, 0.3) is 0 Å². The largest absolute Gasteiger partial charge is 0.383 e. The lowest BCUT2D eigenvalue weighted by atomic mass is 10.0. The average Bonchev–Trinajstić information content (AvgIpc) is 2.35. The van der Waals surface area contributed by atoms with E-state index in [4.69, 9.17) is 4.74 Å². The zero-order valence-corrected chi connectivity index (χ0v) is 10.9. The molecule has 0 aromatic rings. The molecule has 1 saturated heterocycles. The molecule has 1 aliphatic rings. The first kappa shape index (κ1) is 15.1. The predicted molar refractivity (Wildman–Crippen MR) is 63.9 cm³/mol. The van der Waals surface area contributed by atoms with Crippen molar-refractivity contribution in [2.75, 3.05) is 26.8 Å². The quantitative estimate of drug-likeness (QED) is 0.469. The molecule has 5 amide bonds. The van der Waals surface area contributed by atoms with Gasteiger partial charge in [0, 0.05) is 13.7 Å². The van der Waals surface area contributed by atoms with Gasteiger partial charge in [-0.1, -0.05) is 6.92 Å². The number of hydrogen-bond acceptors (Lipinski definition) is 5. The van der Waals surface area contributed by atoms with Crippen LogP contribution in [0, 0.1) is 5.92 Å². The summed E-state index contributed by atoms with van der Waals surface area (Å²) in [6, 6.07) is -0.860. The number of nitrogens with zero attached hydrogens (tertiary/aromatic N) is 1. The van der Waals surface area contributed by atoms with Crippen LogP contribution in [0.2, 0.25) is 0 Å². The highest BCUT2D eigenvalue weighted by Gasteiger charge is 2.39. The molecule has 8 heteroatoms. The molecule has 1 fully saturated rings. The van der Waals surface area contributed by atoms with Crippen molar-refractivity contribution in [2.24, 2.45) is 5.92 Å². The molecule has 0 aromatic carbocycles. The SMILES string of the molecule is CCC1C(=O)NC(=O)N(CC(=O)NCCOC)C1=O. The normalized spacial score (nSPS) is 19.4. The van der Waals surface area contributed by atoms with Crippen LogP contribution in [0.1, 0.15) is 13.3 Å². The minimum absolute atomic E-state index is 0.278. The molecule has 0 aromatic heterocycles. The summed E-state index contributed by atoms with van der Waals surface area (Å²) in [5.74, 6) is -2.65. The summed E-state index contributed by atoms with van der Waals surface area (Å²) in [5, 5.41) is 4.55. The zero-order chi connectivity index (χ0) is 14.4. The van der Waals surface area contributed by atoms with E-state index in [0.29, 0.717) is 6.61 Å². The summed E-state index contributed by atoms with van der Waals surface area (Å²) in [7, 11) is 1.49. The maximum atomic E-state index is 11.9. The number of nitrogens with one attached hydrogen (secondary N) is 2. The van der Waals surface area contributed by atoms with Gasteiger partial charge in [0.15, 0.2) is 0 Å². The van der Waals surface area contributed by atoms with Gasteiger partial charge >= 0.3 is 6.03 Å². The van der Waals surface area contributed by atoms with Crippen molar-refractivity contribution in [3.05, 3.63) is 0 Å². The summed E-state index contributed by atoms with van der Waals surface area (Å²) in [6.07, 6.45) is 0.278. The predicted octanol–water partition coefficient (Wildman–Crippen LogP) is -1.15. The van der Waals surface area contributed by atoms with Crippen molar-refractivity contribution >= 4 is 23.8 Å². The Kier molecular flexibility index (Phi) is 5.43. The molecule has 0 radical (unpaired) electrons. The van der Waals surface area contributed by atoms with Gasteiger partial charge in [0.1, 0.15) is 12.5 Å². The van der Waals surface area contributed by atoms with Gasteiger partial charge in [0.2, 0.25) is 17.7 Å². The van der Waals surface area contributed by atoms with Crippen molar-refractivity contribution in [1.82, 2.24) is 15.5 Å². The molecular formula is C11H17N3O5. The number of methoxy groups -OCH3 is 1. The van der Waals surface area contributed by atoms with Crippen LogP contribution in [-0.4, -0.2) is 55.5 Å². The molecule has 19 heavy (non-hydrogen) atoms. The van der Waals surface area contributed by atoms with Crippen molar-refractivity contribution in [3.63, 3.8) is 0 Å². The van der Waals surface area contributed by atoms with E-state index in [9.17, 15) is 19.2 Å². The van der Waals surface area contributed by atoms with Crippen LogP contribution in [0.15, 0.2) is 0 Å². The lowest BCUT2D eigenvalue weighted by Crippen LogP contribution is -2.59. The Morgan fingerprint density at radius 3 is 2.68 bits per heavy atom. The van der Waals surface area contributed by atoms with Crippen LogP contribution in [0.25, 0.3) is 0 Å². The highest BCUT2D eigenvalue weighted by Crippen LogP contribution is 2.13. The van der Waals surface area contributed by atoms with Crippen molar-refractivity contribution in [2.45, 2.75) is 13.3 Å². The van der Waals surface area contributed by atoms with E-state index in [2.05, 4.69) is 10.6 Å². The van der Waals surface area contributed by atoms with Gasteiger partial charge in [-0.15, -0.1) is 0 Å². The minimum atomic E-state index is -0.913. The maximum absolute atomic E-state index is 11.9. The lowest BCUT2D eigenvalue weighted by Gasteiger charge is -2.29. The third kappa shape index (κ3) is 3.75. The Morgan fingerprint density at radius 1 is 1.42 bits per heavy atom. The number of hydrogen-bond donors (Lipinski definition) is 2. The number of amides is 5. The fraction of sp³-hybridized carbons (Fsp3) is 0.636. The second-order valence-electron chi connectivity index (χ2n) is 4.02. The van der Waals surface area contributed by atoms with Crippen molar-refractivity contribution in [3.8, 4) is 0 Å². The second kappa shape index (κ2) is 6.83. The smallest absolute Gasteiger partial charge is 0.331 e. The molecule has 0 spiro atoms. The Morgan fingerprint density at radius 2 is 2.11 bits per heavy atom. The molecule has 0 bridgehead atoms. The van der Waals surface area contributed by atoms with Crippen LogP contribution >= 0.6 is 0 Å². The first-order valence-corrected chi connectivity index (χ1v) is 5.93. The Labute approximate surface area is 110 Å². The molecule has 1 aliphatic heterocycles. The van der Waals surface area contributed by atoms with E-state index in [0.717, 1.165) is 4.90 Å². The second-order valence-corrected chi connectivity index (χ2v) is 4.02. The number of urea groups is 1. The van der Waals surface area contributed by atoms with E-state index >= 15 is 0 Å². The maximum Gasteiger partial charge on any atom is 0.331 e. The molecule has 1 rings (SSSR count). The average molecular weight is 271 g/mol. The van der Waals surface area contributed by atoms with Crippen LogP contribution < -0.4 is 10.6 Å². The molecular weight excluding hydrogens is 254 g/mol. The van der Waals surface area contributed by atoms with Gasteiger partial charge in [0.05, 0.1) is 6.61 Å². The van der Waals surface area contributed by atoms with E-state index in [1.165, 1.54) is 7.11 Å². The summed E-state index contributed by atoms with van der Waals surface area (Å²) < 4.78 is 4.75. The van der Waals surface area contributed by atoms with Crippen LogP contribution in [0.5, 0.6) is 0 Å². The third-order valence-corrected chi connectivity index (χ3v) is 2.69. The topological polar surface area (TPSA) is 105 Å². The molecule has 1 unspecified atom stereocenters. The number of carbonyl (C=O) groups excluding carboxylic acids is 4. The van der Waals surface area contributed by atoms with Gasteiger partial charge < -0.3 is 10.1 Å². The zero-order valence-electron chi connectivity index (χ0n) is 10.9. The van der Waals surface area contributed by atoms with Gasteiger partial charge in [-0.05, 0) is 6.42 Å². The van der Waals surface area contributed by atoms with E-state index in [-0.39, 0.29) is 13.0 Å². The number of imide groups is 2. The molecule has 0 aliphatic carbocycles. The Hall–Kier alpha value is -1.96. The van der Waals surface area contributed by atoms with Crippen molar-refractivity contribution < 1.29 is 23.9 Å². The van der Waals surface area contributed by atoms with Gasteiger partial charge in [-0.25, -0.2) is 4.79 Å². The number of ether oxygens (including phenoxy) is 1. The standard InChI is InChI=1S/C11H17N3O5/c1-3-7-9(16)13-11(18)14(10(7)17)6-8(15)12-4-5-19-2/h7H,3-6H2,1-2H3,(H,12,15)(H,13,16,18). The molecule has 1 heterocycles. The lowest BCUT2D eigenvalue weighted by molar-refractivity contribution is -0.144. The van der Waals surface area contributed by atoms with E-state index in [1.54, 1.807) is 6.92 Å². The minimum Gasteiger partial charge on any atom is -0.383 e. The Bertz CT molecular complexity index is 396. The molecule has 0 saturated carbocycles. The monoisotopic (exact) mass is 271 g/mol. The van der Waals surface area contributed by atoms with Crippen LogP contribution in [0.4, 0.5) is 4.79 Å². The molecule has 2 N–H and O–H groups in total. The Balaban J connectivity index is 2.60. The first-order valence-electron chi connectivity index (χ1n) is 5.93. The van der Waals surface area contributed by atoms with Crippen LogP contribution in [0.3, 0.4) is 0 Å². The fourth-order valence-corrected chi connectivity index (χ4v) is 1.66. The summed E-state index contributed by atoms with van der Waals surface area (Å²) in [5.41, 5.74) is 0. The highest BCUT2D eigenvalue weighted by atomic mass is 16.5. The van der Waals surface area contributed by atoms with Crippen LogP contribution in [-0.2, 0) is 19.1 Å². The van der Waals surface area contributed by atoms with Gasteiger partial charge in [-0.2, -0.15) is 0 Å². The number of rotatable bonds is 6. The van der Waals surface area contributed by atoms with E-state index in [1.807, 2.05) is 0 Å². The molecule has 106 valence electrons. The third-order valence-electron chi connectivity index (χ3n) is 2.69. The fourth-order valence-electron chi connectivity index (χ4n) is 1.66. The van der Waals surface area contributed by atoms with E-state index < -0.39 is 36.2 Å². The number of barbiturate groups is 1. The summed E-state index contributed by atoms with van der Waals surface area (Å²) in [6.45, 7) is 1.88. The number of carbonyl (C=O) groups is 4. The first-order chi connectivity index (χ1) is 9.01. The highest BCUT2D eigenvalue weighted by molar-refractivity contribution is 6.17.